The SMILES string of the molecule is O=C(O)C1CCCN(c2ccn3nccc3n2)C1. The summed E-state index contributed by atoms with van der Waals surface area (Å²) in [6.07, 6.45) is 5.19. The lowest BCUT2D eigenvalue weighted by Gasteiger charge is -2.31. The summed E-state index contributed by atoms with van der Waals surface area (Å²) in [5.74, 6) is -0.180. The second-order valence-corrected chi connectivity index (χ2v) is 4.54. The van der Waals surface area contributed by atoms with Crippen molar-refractivity contribution < 1.29 is 9.90 Å². The molecule has 18 heavy (non-hydrogen) atoms. The Labute approximate surface area is 104 Å². The van der Waals surface area contributed by atoms with E-state index in [1.165, 1.54) is 0 Å². The van der Waals surface area contributed by atoms with E-state index in [9.17, 15) is 4.79 Å². The molecule has 6 heteroatoms. The Morgan fingerprint density at radius 3 is 3.17 bits per heavy atom. The Hall–Kier alpha value is -2.11. The smallest absolute Gasteiger partial charge is 0.308 e. The molecule has 1 saturated heterocycles. The van der Waals surface area contributed by atoms with Crippen molar-refractivity contribution in [2.75, 3.05) is 18.0 Å². The molecule has 1 aliphatic heterocycles. The normalized spacial score (nSPS) is 20.2. The fraction of sp³-hybridized carbons (Fsp3) is 0.417. The van der Waals surface area contributed by atoms with E-state index < -0.39 is 5.97 Å². The molecule has 1 aliphatic rings. The summed E-state index contributed by atoms with van der Waals surface area (Å²) in [6, 6.07) is 3.71. The van der Waals surface area contributed by atoms with Gasteiger partial charge in [0.15, 0.2) is 5.65 Å². The van der Waals surface area contributed by atoms with Crippen molar-refractivity contribution in [3.63, 3.8) is 0 Å². The molecule has 3 heterocycles. The van der Waals surface area contributed by atoms with Gasteiger partial charge in [-0.3, -0.25) is 4.79 Å². The van der Waals surface area contributed by atoms with Crippen molar-refractivity contribution in [2.24, 2.45) is 5.92 Å². The summed E-state index contributed by atoms with van der Waals surface area (Å²) in [7, 11) is 0. The van der Waals surface area contributed by atoms with Crippen LogP contribution in [0, 0.1) is 5.92 Å². The number of nitrogens with zero attached hydrogens (tertiary/aromatic N) is 4. The minimum Gasteiger partial charge on any atom is -0.481 e. The summed E-state index contributed by atoms with van der Waals surface area (Å²) in [5, 5.41) is 13.2. The summed E-state index contributed by atoms with van der Waals surface area (Å²) in [6.45, 7) is 1.40. The third kappa shape index (κ3) is 1.90. The molecule has 0 saturated carbocycles. The molecular formula is C12H14N4O2. The van der Waals surface area contributed by atoms with E-state index in [0.717, 1.165) is 30.9 Å². The first kappa shape index (κ1) is 11.0. The van der Waals surface area contributed by atoms with Gasteiger partial charge in [0.1, 0.15) is 5.82 Å². The number of rotatable bonds is 2. The van der Waals surface area contributed by atoms with Gasteiger partial charge < -0.3 is 10.0 Å². The van der Waals surface area contributed by atoms with Crippen LogP contribution in [0.4, 0.5) is 5.82 Å². The predicted octanol–water partition coefficient (Wildman–Crippen LogP) is 1.03. The van der Waals surface area contributed by atoms with Crippen LogP contribution in [0.2, 0.25) is 0 Å². The van der Waals surface area contributed by atoms with Crippen LogP contribution >= 0.6 is 0 Å². The molecular weight excluding hydrogens is 232 g/mol. The summed E-state index contributed by atoms with van der Waals surface area (Å²) >= 11 is 0. The van der Waals surface area contributed by atoms with Gasteiger partial charge in [0.2, 0.25) is 0 Å². The van der Waals surface area contributed by atoms with Crippen molar-refractivity contribution >= 4 is 17.4 Å². The Balaban J connectivity index is 1.86. The zero-order chi connectivity index (χ0) is 12.5. The quantitative estimate of drug-likeness (QED) is 0.857. The second-order valence-electron chi connectivity index (χ2n) is 4.54. The van der Waals surface area contributed by atoms with Crippen molar-refractivity contribution in [3.05, 3.63) is 24.5 Å². The topological polar surface area (TPSA) is 70.7 Å². The number of hydrogen-bond acceptors (Lipinski definition) is 4. The summed E-state index contributed by atoms with van der Waals surface area (Å²) in [5.41, 5.74) is 0.782. The van der Waals surface area contributed by atoms with Gasteiger partial charge in [-0.15, -0.1) is 0 Å². The lowest BCUT2D eigenvalue weighted by atomic mass is 9.98. The molecule has 0 aliphatic carbocycles. The highest BCUT2D eigenvalue weighted by atomic mass is 16.4. The third-order valence-electron chi connectivity index (χ3n) is 3.34. The Kier molecular flexibility index (Phi) is 2.62. The zero-order valence-corrected chi connectivity index (χ0v) is 9.86. The maximum atomic E-state index is 11.0. The molecule has 0 bridgehead atoms. The van der Waals surface area contributed by atoms with Crippen LogP contribution < -0.4 is 4.90 Å². The van der Waals surface area contributed by atoms with Gasteiger partial charge in [-0.25, -0.2) is 9.50 Å². The molecule has 1 fully saturated rings. The predicted molar refractivity (Wildman–Crippen MR) is 65.6 cm³/mol. The molecule has 0 aromatic carbocycles. The maximum Gasteiger partial charge on any atom is 0.308 e. The molecule has 2 aromatic rings. The fourth-order valence-electron chi connectivity index (χ4n) is 2.37. The van der Waals surface area contributed by atoms with Gasteiger partial charge >= 0.3 is 5.97 Å². The van der Waals surface area contributed by atoms with Crippen molar-refractivity contribution in [3.8, 4) is 0 Å². The zero-order valence-electron chi connectivity index (χ0n) is 9.86. The van der Waals surface area contributed by atoms with E-state index >= 15 is 0 Å². The van der Waals surface area contributed by atoms with Gasteiger partial charge in [-0.05, 0) is 18.9 Å². The largest absolute Gasteiger partial charge is 0.481 e. The minimum absolute atomic E-state index is 0.290. The highest BCUT2D eigenvalue weighted by Gasteiger charge is 2.26. The van der Waals surface area contributed by atoms with E-state index in [-0.39, 0.29) is 5.92 Å². The van der Waals surface area contributed by atoms with E-state index in [4.69, 9.17) is 5.11 Å². The average molecular weight is 246 g/mol. The maximum absolute atomic E-state index is 11.0. The summed E-state index contributed by atoms with van der Waals surface area (Å²) < 4.78 is 1.70. The van der Waals surface area contributed by atoms with Crippen LogP contribution in [0.1, 0.15) is 12.8 Å². The number of aliphatic carboxylic acids is 1. The number of carbonyl (C=O) groups is 1. The Bertz CT molecular complexity index is 580. The lowest BCUT2D eigenvalue weighted by molar-refractivity contribution is -0.141. The number of piperidine rings is 1. The third-order valence-corrected chi connectivity index (χ3v) is 3.34. The Morgan fingerprint density at radius 1 is 1.44 bits per heavy atom. The minimum atomic E-state index is -0.717. The van der Waals surface area contributed by atoms with Crippen molar-refractivity contribution in [1.82, 2.24) is 14.6 Å². The van der Waals surface area contributed by atoms with E-state index in [2.05, 4.69) is 10.1 Å². The molecule has 94 valence electrons. The van der Waals surface area contributed by atoms with Gasteiger partial charge in [-0.1, -0.05) is 0 Å². The average Bonchev–Trinajstić information content (AvgIpc) is 2.86. The molecule has 2 aromatic heterocycles. The van der Waals surface area contributed by atoms with E-state index in [1.807, 2.05) is 23.2 Å². The molecule has 0 radical (unpaired) electrons. The van der Waals surface area contributed by atoms with Crippen LogP contribution in [0.15, 0.2) is 24.5 Å². The fourth-order valence-corrected chi connectivity index (χ4v) is 2.37. The molecule has 0 amide bonds. The number of aromatic nitrogens is 3. The number of carboxylic acid groups (broad SMARTS) is 1. The molecule has 6 nitrogen and oxygen atoms in total. The summed E-state index contributed by atoms with van der Waals surface area (Å²) in [4.78, 5) is 17.6. The standard InChI is InChI=1S/C12H14N4O2/c17-12(18)9-2-1-6-15(8-9)10-4-7-16-11(14-10)3-5-13-16/h3-5,7,9H,1-2,6,8H2,(H,17,18). The van der Waals surface area contributed by atoms with Crippen molar-refractivity contribution in [1.29, 1.82) is 0 Å². The van der Waals surface area contributed by atoms with Gasteiger partial charge in [-0.2, -0.15) is 5.10 Å². The first-order chi connectivity index (χ1) is 8.74. The highest BCUT2D eigenvalue weighted by molar-refractivity contribution is 5.71. The van der Waals surface area contributed by atoms with Crippen LogP contribution in [0.25, 0.3) is 5.65 Å². The van der Waals surface area contributed by atoms with Crippen LogP contribution in [0.3, 0.4) is 0 Å². The number of anilines is 1. The number of fused-ring (bicyclic) bond motifs is 1. The van der Waals surface area contributed by atoms with Crippen molar-refractivity contribution in [2.45, 2.75) is 12.8 Å². The number of carboxylic acids is 1. The molecule has 0 spiro atoms. The Morgan fingerprint density at radius 2 is 2.33 bits per heavy atom. The number of hydrogen-bond donors (Lipinski definition) is 1. The first-order valence-corrected chi connectivity index (χ1v) is 6.02. The van der Waals surface area contributed by atoms with Crippen LogP contribution in [-0.4, -0.2) is 38.8 Å². The van der Waals surface area contributed by atoms with E-state index in [1.54, 1.807) is 10.7 Å². The van der Waals surface area contributed by atoms with Crippen LogP contribution in [-0.2, 0) is 4.79 Å². The van der Waals surface area contributed by atoms with Crippen LogP contribution in [0.5, 0.6) is 0 Å². The monoisotopic (exact) mass is 246 g/mol. The molecule has 1 atom stereocenters. The molecule has 1 unspecified atom stereocenters. The van der Waals surface area contributed by atoms with Gasteiger partial charge in [0.05, 0.1) is 12.1 Å². The first-order valence-electron chi connectivity index (χ1n) is 6.02. The van der Waals surface area contributed by atoms with Gasteiger partial charge in [0.25, 0.3) is 0 Å². The lowest BCUT2D eigenvalue weighted by Crippen LogP contribution is -2.39. The highest BCUT2D eigenvalue weighted by Crippen LogP contribution is 2.22. The van der Waals surface area contributed by atoms with E-state index in [0.29, 0.717) is 6.54 Å². The molecule has 1 N–H and O–H groups in total. The molecule has 3 rings (SSSR count). The second kappa shape index (κ2) is 4.29. The van der Waals surface area contributed by atoms with Gasteiger partial charge in [0, 0.05) is 25.4 Å².